The number of rotatable bonds is 7. The summed E-state index contributed by atoms with van der Waals surface area (Å²) in [5.41, 5.74) is 0.857. The lowest BCUT2D eigenvalue weighted by atomic mass is 10.2. The summed E-state index contributed by atoms with van der Waals surface area (Å²) in [6.07, 6.45) is 0. The monoisotopic (exact) mass is 318 g/mol. The predicted molar refractivity (Wildman–Crippen MR) is 85.9 cm³/mol. The summed E-state index contributed by atoms with van der Waals surface area (Å²) in [4.78, 5) is 19.4. The van der Waals surface area contributed by atoms with Crippen LogP contribution in [-0.2, 0) is 11.3 Å². The van der Waals surface area contributed by atoms with Gasteiger partial charge in [-0.3, -0.25) is 9.69 Å². The van der Waals surface area contributed by atoms with Crippen molar-refractivity contribution in [2.45, 2.75) is 13.5 Å². The van der Waals surface area contributed by atoms with Crippen LogP contribution in [0.4, 0.5) is 0 Å². The van der Waals surface area contributed by atoms with E-state index in [0.29, 0.717) is 31.4 Å². The Labute approximate surface area is 135 Å². The maximum absolute atomic E-state index is 11.7. The molecular formula is C16H22N4O3. The van der Waals surface area contributed by atoms with Gasteiger partial charge in [0.15, 0.2) is 0 Å². The number of aromatic nitrogens is 2. The maximum atomic E-state index is 11.7. The van der Waals surface area contributed by atoms with Crippen molar-refractivity contribution in [2.24, 2.45) is 0 Å². The molecule has 0 aliphatic rings. The van der Waals surface area contributed by atoms with Gasteiger partial charge in [0.05, 0.1) is 19.7 Å². The number of benzene rings is 1. The van der Waals surface area contributed by atoms with E-state index < -0.39 is 0 Å². The van der Waals surface area contributed by atoms with E-state index in [1.165, 1.54) is 0 Å². The first-order chi connectivity index (χ1) is 11.0. The molecule has 0 fully saturated rings. The average molecular weight is 318 g/mol. The first-order valence-corrected chi connectivity index (χ1v) is 7.44. The Morgan fingerprint density at radius 2 is 1.91 bits per heavy atom. The molecule has 1 amide bonds. The second kappa shape index (κ2) is 7.73. The Kier molecular flexibility index (Phi) is 5.70. The Bertz CT molecular complexity index is 637. The number of nitrogens with zero attached hydrogens (tertiary/aromatic N) is 4. The fourth-order valence-corrected chi connectivity index (χ4v) is 1.96. The number of carbonyl (C=O) groups is 1. The molecule has 0 atom stereocenters. The van der Waals surface area contributed by atoms with Crippen molar-refractivity contribution in [3.05, 3.63) is 30.2 Å². The van der Waals surface area contributed by atoms with E-state index >= 15 is 0 Å². The highest BCUT2D eigenvalue weighted by Crippen LogP contribution is 2.20. The summed E-state index contributed by atoms with van der Waals surface area (Å²) >= 11 is 0. The Hall–Kier alpha value is -2.41. The summed E-state index contributed by atoms with van der Waals surface area (Å²) in [5.74, 6) is 1.83. The van der Waals surface area contributed by atoms with Crippen LogP contribution in [0.5, 0.6) is 5.75 Å². The van der Waals surface area contributed by atoms with Gasteiger partial charge in [0.2, 0.25) is 17.6 Å². The van der Waals surface area contributed by atoms with Crippen molar-refractivity contribution in [2.75, 3.05) is 34.3 Å². The lowest BCUT2D eigenvalue weighted by Gasteiger charge is -2.16. The molecule has 7 heteroatoms. The van der Waals surface area contributed by atoms with Crippen LogP contribution in [0.2, 0.25) is 0 Å². The summed E-state index contributed by atoms with van der Waals surface area (Å²) in [6.45, 7) is 3.29. The SMILES string of the molecule is CCOc1ccc(-c2noc(CN(C)CC(=O)N(C)C)n2)cc1. The second-order valence-corrected chi connectivity index (χ2v) is 5.43. The maximum Gasteiger partial charge on any atom is 0.241 e. The summed E-state index contributed by atoms with van der Waals surface area (Å²) in [6, 6.07) is 7.52. The van der Waals surface area contributed by atoms with Gasteiger partial charge in [-0.15, -0.1) is 0 Å². The molecule has 124 valence electrons. The first kappa shape index (κ1) is 17.0. The van der Waals surface area contributed by atoms with Crippen molar-refractivity contribution in [3.63, 3.8) is 0 Å². The topological polar surface area (TPSA) is 71.7 Å². The third-order valence-corrected chi connectivity index (χ3v) is 3.20. The molecule has 23 heavy (non-hydrogen) atoms. The van der Waals surface area contributed by atoms with Gasteiger partial charge in [-0.05, 0) is 38.2 Å². The third kappa shape index (κ3) is 4.79. The van der Waals surface area contributed by atoms with Gasteiger partial charge in [0.25, 0.3) is 0 Å². The van der Waals surface area contributed by atoms with Crippen molar-refractivity contribution in [1.82, 2.24) is 19.9 Å². The lowest BCUT2D eigenvalue weighted by molar-refractivity contribution is -0.129. The van der Waals surface area contributed by atoms with Crippen LogP contribution in [0.25, 0.3) is 11.4 Å². The molecule has 0 spiro atoms. The minimum absolute atomic E-state index is 0.0266. The standard InChI is InChI=1S/C16H22N4O3/c1-5-22-13-8-6-12(7-9-13)16-17-14(23-18-16)10-20(4)11-15(21)19(2)3/h6-9H,5,10-11H2,1-4H3. The minimum Gasteiger partial charge on any atom is -0.494 e. The van der Waals surface area contributed by atoms with E-state index in [0.717, 1.165) is 11.3 Å². The zero-order valence-electron chi connectivity index (χ0n) is 13.9. The molecule has 0 aliphatic carbocycles. The van der Waals surface area contributed by atoms with Crippen molar-refractivity contribution in [1.29, 1.82) is 0 Å². The van der Waals surface area contributed by atoms with Crippen molar-refractivity contribution in [3.8, 4) is 17.1 Å². The van der Waals surface area contributed by atoms with Crippen molar-refractivity contribution < 1.29 is 14.1 Å². The molecule has 0 N–H and O–H groups in total. The number of ether oxygens (including phenoxy) is 1. The molecule has 2 rings (SSSR count). The van der Waals surface area contributed by atoms with Gasteiger partial charge in [-0.25, -0.2) is 0 Å². The molecule has 2 aromatic rings. The Balaban J connectivity index is 1.98. The molecule has 1 aromatic heterocycles. The van der Waals surface area contributed by atoms with Crippen LogP contribution >= 0.6 is 0 Å². The highest BCUT2D eigenvalue weighted by atomic mass is 16.5. The van der Waals surface area contributed by atoms with Crippen LogP contribution in [0.1, 0.15) is 12.8 Å². The Morgan fingerprint density at radius 1 is 1.22 bits per heavy atom. The third-order valence-electron chi connectivity index (χ3n) is 3.20. The number of hydrogen-bond donors (Lipinski definition) is 0. The summed E-state index contributed by atoms with van der Waals surface area (Å²) < 4.78 is 10.7. The lowest BCUT2D eigenvalue weighted by Crippen LogP contribution is -2.34. The van der Waals surface area contributed by atoms with Crippen LogP contribution in [0, 0.1) is 0 Å². The van der Waals surface area contributed by atoms with E-state index in [9.17, 15) is 4.79 Å². The molecule has 0 bridgehead atoms. The molecule has 1 heterocycles. The van der Waals surface area contributed by atoms with E-state index in [2.05, 4.69) is 10.1 Å². The smallest absolute Gasteiger partial charge is 0.241 e. The molecule has 0 saturated carbocycles. The predicted octanol–water partition coefficient (Wildman–Crippen LogP) is 1.66. The molecule has 0 saturated heterocycles. The number of likely N-dealkylation sites (N-methyl/N-ethyl adjacent to an activating group) is 2. The largest absolute Gasteiger partial charge is 0.494 e. The van der Waals surface area contributed by atoms with E-state index in [-0.39, 0.29) is 5.91 Å². The van der Waals surface area contributed by atoms with E-state index in [1.54, 1.807) is 19.0 Å². The van der Waals surface area contributed by atoms with Crippen molar-refractivity contribution >= 4 is 5.91 Å². The second-order valence-electron chi connectivity index (χ2n) is 5.43. The molecular weight excluding hydrogens is 296 g/mol. The Morgan fingerprint density at radius 3 is 2.52 bits per heavy atom. The van der Waals surface area contributed by atoms with E-state index in [4.69, 9.17) is 9.26 Å². The normalized spacial score (nSPS) is 10.8. The molecule has 7 nitrogen and oxygen atoms in total. The van der Waals surface area contributed by atoms with Gasteiger partial charge in [0, 0.05) is 19.7 Å². The summed E-state index contributed by atoms with van der Waals surface area (Å²) in [7, 11) is 5.29. The zero-order valence-corrected chi connectivity index (χ0v) is 13.9. The van der Waals surface area contributed by atoms with Gasteiger partial charge >= 0.3 is 0 Å². The number of hydrogen-bond acceptors (Lipinski definition) is 6. The van der Waals surface area contributed by atoms with E-state index in [1.807, 2.05) is 43.1 Å². The highest BCUT2D eigenvalue weighted by Gasteiger charge is 2.14. The fraction of sp³-hybridized carbons (Fsp3) is 0.438. The van der Waals surface area contributed by atoms with Crippen LogP contribution < -0.4 is 4.74 Å². The minimum atomic E-state index is 0.0266. The zero-order chi connectivity index (χ0) is 16.8. The van der Waals surface area contributed by atoms with Gasteiger partial charge in [-0.1, -0.05) is 5.16 Å². The van der Waals surface area contributed by atoms with Gasteiger partial charge < -0.3 is 14.2 Å². The molecule has 0 unspecified atom stereocenters. The van der Waals surface area contributed by atoms with Gasteiger partial charge in [-0.2, -0.15) is 4.98 Å². The van der Waals surface area contributed by atoms with Crippen LogP contribution in [0.15, 0.2) is 28.8 Å². The van der Waals surface area contributed by atoms with Crippen LogP contribution in [-0.4, -0.2) is 60.1 Å². The summed E-state index contributed by atoms with van der Waals surface area (Å²) in [5, 5.41) is 3.98. The molecule has 0 aliphatic heterocycles. The highest BCUT2D eigenvalue weighted by molar-refractivity contribution is 5.77. The number of amides is 1. The fourth-order valence-electron chi connectivity index (χ4n) is 1.96. The quantitative estimate of drug-likeness (QED) is 0.773. The average Bonchev–Trinajstić information content (AvgIpc) is 2.96. The van der Waals surface area contributed by atoms with Crippen LogP contribution in [0.3, 0.4) is 0 Å². The molecule has 1 aromatic carbocycles. The van der Waals surface area contributed by atoms with Gasteiger partial charge in [0.1, 0.15) is 5.75 Å². The number of carbonyl (C=O) groups excluding carboxylic acids is 1. The molecule has 0 radical (unpaired) electrons. The first-order valence-electron chi connectivity index (χ1n) is 7.44.